The van der Waals surface area contributed by atoms with Crippen molar-refractivity contribution in [3.05, 3.63) is 194 Å². The van der Waals surface area contributed by atoms with Crippen LogP contribution in [0.5, 0.6) is 0 Å². The van der Waals surface area contributed by atoms with Crippen LogP contribution in [0.15, 0.2) is 199 Å². The lowest BCUT2D eigenvalue weighted by Gasteiger charge is -2.29. The number of rotatable bonds is 5. The van der Waals surface area contributed by atoms with Crippen LogP contribution >= 0.6 is 0 Å². The molecule has 0 bridgehead atoms. The van der Waals surface area contributed by atoms with Crippen molar-refractivity contribution in [1.82, 2.24) is 4.57 Å². The van der Waals surface area contributed by atoms with E-state index in [0.717, 1.165) is 50.1 Å². The molecule has 0 aliphatic rings. The van der Waals surface area contributed by atoms with Crippen molar-refractivity contribution in [3.8, 4) is 16.8 Å². The molecule has 0 spiro atoms. The van der Waals surface area contributed by atoms with Crippen molar-refractivity contribution in [2.24, 2.45) is 0 Å². The summed E-state index contributed by atoms with van der Waals surface area (Å²) in [4.78, 5) is 2.45. The first kappa shape index (κ1) is 29.6. The number of hydrogen-bond acceptors (Lipinski definition) is 2. The zero-order chi connectivity index (χ0) is 34.9. The summed E-state index contributed by atoms with van der Waals surface area (Å²) in [5.74, 6) is 0. The second-order valence-electron chi connectivity index (χ2n) is 13.7. The number of fused-ring (bicyclic) bond motifs is 9. The van der Waals surface area contributed by atoms with Gasteiger partial charge in [0.1, 0.15) is 11.2 Å². The number of nitrogens with zero attached hydrogens (tertiary/aromatic N) is 2. The van der Waals surface area contributed by atoms with Gasteiger partial charge in [0.2, 0.25) is 0 Å². The molecule has 0 aliphatic heterocycles. The first-order valence-corrected chi connectivity index (χ1v) is 18.1. The van der Waals surface area contributed by atoms with Crippen LogP contribution in [0.25, 0.3) is 82.1 Å². The van der Waals surface area contributed by atoms with Crippen molar-refractivity contribution in [2.75, 3.05) is 4.90 Å². The summed E-state index contributed by atoms with van der Waals surface area (Å²) in [7, 11) is 0. The second-order valence-corrected chi connectivity index (χ2v) is 13.7. The third-order valence-electron chi connectivity index (χ3n) is 10.7. The average molecular weight is 677 g/mol. The van der Waals surface area contributed by atoms with Gasteiger partial charge in [-0.15, -0.1) is 0 Å². The lowest BCUT2D eigenvalue weighted by atomic mass is 9.94. The minimum absolute atomic E-state index is 0.864. The predicted molar refractivity (Wildman–Crippen MR) is 223 cm³/mol. The van der Waals surface area contributed by atoms with Crippen LogP contribution in [-0.4, -0.2) is 4.57 Å². The summed E-state index contributed by atoms with van der Waals surface area (Å²) < 4.78 is 9.14. The van der Waals surface area contributed by atoms with Gasteiger partial charge in [-0.3, -0.25) is 0 Å². The summed E-state index contributed by atoms with van der Waals surface area (Å²) in [5, 5.41) is 9.30. The molecule has 0 saturated carbocycles. The van der Waals surface area contributed by atoms with E-state index in [1.807, 2.05) is 0 Å². The Morgan fingerprint density at radius 1 is 0.415 bits per heavy atom. The van der Waals surface area contributed by atoms with Crippen LogP contribution in [0.4, 0.5) is 17.1 Å². The Hall–Kier alpha value is -7.10. The lowest BCUT2D eigenvalue weighted by Crippen LogP contribution is -2.12. The quantitative estimate of drug-likeness (QED) is 0.181. The normalized spacial score (nSPS) is 11.8. The van der Waals surface area contributed by atoms with Crippen molar-refractivity contribution in [3.63, 3.8) is 0 Å². The van der Waals surface area contributed by atoms with Crippen LogP contribution in [0.1, 0.15) is 0 Å². The van der Waals surface area contributed by atoms with Crippen LogP contribution < -0.4 is 4.90 Å². The van der Waals surface area contributed by atoms with E-state index in [9.17, 15) is 0 Å². The molecule has 0 unspecified atom stereocenters. The first-order valence-electron chi connectivity index (χ1n) is 18.1. The molecule has 3 heteroatoms. The van der Waals surface area contributed by atoms with Gasteiger partial charge >= 0.3 is 0 Å². The van der Waals surface area contributed by atoms with Crippen LogP contribution in [0.3, 0.4) is 0 Å². The standard InChI is InChI=1S/C50H32N2O/c1-3-16-35(17-4-1)48-38-20-9-7-14-33(38)27-30-46(48)52(45-24-13-25-47-49(45)41-29-26-34-15-8-10-21-39(34)50(41)53-47)37-28-31-44-42(32-37)40-22-11-12-23-43(40)51(44)36-18-5-2-6-19-36/h1-32H. The molecule has 248 valence electrons. The highest BCUT2D eigenvalue weighted by Gasteiger charge is 2.25. The van der Waals surface area contributed by atoms with Crippen molar-refractivity contribution in [1.29, 1.82) is 0 Å². The highest BCUT2D eigenvalue weighted by atomic mass is 16.3. The molecule has 2 aromatic heterocycles. The Balaban J connectivity index is 1.26. The molecule has 9 aromatic carbocycles. The molecule has 0 aliphatic carbocycles. The van der Waals surface area contributed by atoms with Gasteiger partial charge in [0.25, 0.3) is 0 Å². The van der Waals surface area contributed by atoms with Gasteiger partial charge < -0.3 is 13.9 Å². The first-order chi connectivity index (χ1) is 26.3. The number of benzene rings is 9. The maximum atomic E-state index is 6.76. The van der Waals surface area contributed by atoms with Gasteiger partial charge in [0, 0.05) is 38.5 Å². The molecule has 0 saturated heterocycles. The molecule has 3 nitrogen and oxygen atoms in total. The van der Waals surface area contributed by atoms with E-state index in [-0.39, 0.29) is 0 Å². The fourth-order valence-corrected chi connectivity index (χ4v) is 8.44. The molecule has 11 aromatic rings. The summed E-state index contributed by atoms with van der Waals surface area (Å²) in [6, 6.07) is 69.8. The Morgan fingerprint density at radius 3 is 1.91 bits per heavy atom. The maximum Gasteiger partial charge on any atom is 0.143 e. The minimum Gasteiger partial charge on any atom is -0.455 e. The maximum absolute atomic E-state index is 6.76. The Kier molecular flexibility index (Phi) is 6.55. The summed E-state index contributed by atoms with van der Waals surface area (Å²) >= 11 is 0. The highest BCUT2D eigenvalue weighted by Crippen LogP contribution is 2.49. The van der Waals surface area contributed by atoms with Gasteiger partial charge in [0.05, 0.1) is 27.8 Å². The van der Waals surface area contributed by atoms with E-state index in [2.05, 4.69) is 204 Å². The largest absolute Gasteiger partial charge is 0.455 e. The summed E-state index contributed by atoms with van der Waals surface area (Å²) in [5.41, 5.74) is 10.9. The Bertz CT molecular complexity index is 3170. The molecular weight excluding hydrogens is 645 g/mol. The fourth-order valence-electron chi connectivity index (χ4n) is 8.44. The van der Waals surface area contributed by atoms with E-state index in [4.69, 9.17) is 4.42 Å². The smallest absolute Gasteiger partial charge is 0.143 e. The van der Waals surface area contributed by atoms with E-state index in [1.165, 1.54) is 49.1 Å². The summed E-state index contributed by atoms with van der Waals surface area (Å²) in [6.45, 7) is 0. The van der Waals surface area contributed by atoms with Gasteiger partial charge in [-0.1, -0.05) is 133 Å². The van der Waals surface area contributed by atoms with Crippen LogP contribution in [0, 0.1) is 0 Å². The SMILES string of the molecule is c1ccc(-c2c(N(c3ccc4c(c3)c3ccccc3n4-c3ccccc3)c3cccc4oc5c6ccccc6ccc5c34)ccc3ccccc23)cc1. The Morgan fingerprint density at radius 2 is 1.08 bits per heavy atom. The topological polar surface area (TPSA) is 21.3 Å². The minimum atomic E-state index is 0.864. The fraction of sp³-hybridized carbons (Fsp3) is 0. The monoisotopic (exact) mass is 676 g/mol. The lowest BCUT2D eigenvalue weighted by molar-refractivity contribution is 0.672. The van der Waals surface area contributed by atoms with Crippen molar-refractivity contribution < 1.29 is 4.42 Å². The third kappa shape index (κ3) is 4.54. The average Bonchev–Trinajstić information content (AvgIpc) is 3.78. The molecule has 0 amide bonds. The molecule has 11 rings (SSSR count). The molecule has 0 radical (unpaired) electrons. The third-order valence-corrected chi connectivity index (χ3v) is 10.7. The van der Waals surface area contributed by atoms with Gasteiger partial charge in [0.15, 0.2) is 0 Å². The zero-order valence-corrected chi connectivity index (χ0v) is 28.8. The molecule has 53 heavy (non-hydrogen) atoms. The van der Waals surface area contributed by atoms with Gasteiger partial charge in [-0.2, -0.15) is 0 Å². The number of hydrogen-bond donors (Lipinski definition) is 0. The van der Waals surface area contributed by atoms with Crippen molar-refractivity contribution >= 4 is 82.4 Å². The number of anilines is 3. The van der Waals surface area contributed by atoms with E-state index in [1.54, 1.807) is 0 Å². The highest BCUT2D eigenvalue weighted by molar-refractivity contribution is 6.21. The molecule has 0 fully saturated rings. The predicted octanol–water partition coefficient (Wildman–Crippen LogP) is 14.1. The van der Waals surface area contributed by atoms with E-state index in [0.29, 0.717) is 0 Å². The number of furan rings is 1. The number of aromatic nitrogens is 1. The molecule has 0 atom stereocenters. The van der Waals surface area contributed by atoms with Crippen LogP contribution in [-0.2, 0) is 0 Å². The van der Waals surface area contributed by atoms with Crippen molar-refractivity contribution in [2.45, 2.75) is 0 Å². The Labute approximate surface area is 306 Å². The van der Waals surface area contributed by atoms with E-state index < -0.39 is 0 Å². The molecule has 0 N–H and O–H groups in total. The van der Waals surface area contributed by atoms with Gasteiger partial charge in [-0.25, -0.2) is 0 Å². The zero-order valence-electron chi connectivity index (χ0n) is 28.8. The second kappa shape index (κ2) is 11.7. The summed E-state index contributed by atoms with van der Waals surface area (Å²) in [6.07, 6.45) is 0. The van der Waals surface area contributed by atoms with Gasteiger partial charge in [-0.05, 0) is 82.4 Å². The van der Waals surface area contributed by atoms with E-state index >= 15 is 0 Å². The number of para-hydroxylation sites is 2. The van der Waals surface area contributed by atoms with Crippen LogP contribution in [0.2, 0.25) is 0 Å². The molecule has 2 heterocycles. The molecular formula is C50H32N2O.